The zero-order valence-corrected chi connectivity index (χ0v) is 24.0. The van der Waals surface area contributed by atoms with Crippen LogP contribution in [0.25, 0.3) is 0 Å². The van der Waals surface area contributed by atoms with Gasteiger partial charge < -0.3 is 20.6 Å². The van der Waals surface area contributed by atoms with E-state index in [9.17, 15) is 19.5 Å². The van der Waals surface area contributed by atoms with E-state index in [0.717, 1.165) is 35.2 Å². The molecule has 5 rings (SSSR count). The number of carbonyl (C=O) groups is 3. The minimum atomic E-state index is -0.802. The summed E-state index contributed by atoms with van der Waals surface area (Å²) in [5, 5.41) is 16.8. The Labute approximate surface area is 235 Å². The zero-order valence-electron chi connectivity index (χ0n) is 23.1. The first kappa shape index (κ1) is 27.7. The topological polar surface area (TPSA) is 98.7 Å². The van der Waals surface area contributed by atoms with Gasteiger partial charge in [0.05, 0.1) is 29.2 Å². The van der Waals surface area contributed by atoms with Gasteiger partial charge in [0.1, 0.15) is 6.04 Å². The second-order valence-corrected chi connectivity index (χ2v) is 12.9. The molecule has 39 heavy (non-hydrogen) atoms. The molecule has 3 N–H and O–H groups in total. The third kappa shape index (κ3) is 4.55. The second-order valence-electron chi connectivity index (χ2n) is 11.4. The van der Waals surface area contributed by atoms with Crippen LogP contribution in [0.1, 0.15) is 43.4 Å². The Kier molecular flexibility index (Phi) is 7.80. The summed E-state index contributed by atoms with van der Waals surface area (Å²) < 4.78 is -0.735. The fourth-order valence-corrected chi connectivity index (χ4v) is 9.57. The molecule has 3 unspecified atom stereocenters. The number of nitrogens with one attached hydrogen (secondary N) is 2. The highest BCUT2D eigenvalue weighted by Crippen LogP contribution is 2.68. The lowest BCUT2D eigenvalue weighted by Gasteiger charge is -2.40. The van der Waals surface area contributed by atoms with Crippen molar-refractivity contribution in [2.45, 2.75) is 69.0 Å². The number of carbonyl (C=O) groups excluding carboxylic acids is 3. The van der Waals surface area contributed by atoms with Crippen LogP contribution in [0.15, 0.2) is 48.5 Å². The summed E-state index contributed by atoms with van der Waals surface area (Å²) in [6.45, 7) is 8.32. The fourth-order valence-electron chi connectivity index (χ4n) is 7.16. The number of amides is 3. The average molecular weight is 550 g/mol. The third-order valence-electron chi connectivity index (χ3n) is 8.93. The van der Waals surface area contributed by atoms with Crippen molar-refractivity contribution in [1.29, 1.82) is 0 Å². The molecular formula is C31H39N3O4S. The number of hydrogen-bond donors (Lipinski definition) is 3. The SMILES string of the molecule is CCCNC(=O)[C@@H]1[C@H]2C(=O)N([C@@H](CO)Cc3ccccc3)C(C(=O)Nc3c(C)cccc3C)C23S[C@@H]1CC3C. The van der Waals surface area contributed by atoms with E-state index < -0.39 is 28.7 Å². The Morgan fingerprint density at radius 3 is 2.44 bits per heavy atom. The van der Waals surface area contributed by atoms with E-state index in [1.807, 2.05) is 69.3 Å². The Bertz CT molecular complexity index is 1230. The normalized spacial score (nSPS) is 29.8. The van der Waals surface area contributed by atoms with Crippen molar-refractivity contribution < 1.29 is 19.5 Å². The van der Waals surface area contributed by atoms with E-state index in [4.69, 9.17) is 0 Å². The summed E-state index contributed by atoms with van der Waals surface area (Å²) in [5.41, 5.74) is 3.63. The number of para-hydroxylation sites is 1. The number of fused-ring (bicyclic) bond motifs is 1. The second kappa shape index (κ2) is 11.0. The lowest BCUT2D eigenvalue weighted by molar-refractivity contribution is -0.142. The van der Waals surface area contributed by atoms with Crippen molar-refractivity contribution in [3.63, 3.8) is 0 Å². The summed E-state index contributed by atoms with van der Waals surface area (Å²) in [6, 6.07) is 14.2. The lowest BCUT2D eigenvalue weighted by atomic mass is 9.66. The van der Waals surface area contributed by atoms with Crippen LogP contribution in [-0.2, 0) is 20.8 Å². The maximum Gasteiger partial charge on any atom is 0.248 e. The summed E-state index contributed by atoms with van der Waals surface area (Å²) in [5.74, 6) is -1.56. The van der Waals surface area contributed by atoms with Gasteiger partial charge >= 0.3 is 0 Å². The van der Waals surface area contributed by atoms with E-state index in [0.29, 0.717) is 13.0 Å². The van der Waals surface area contributed by atoms with E-state index >= 15 is 0 Å². The smallest absolute Gasteiger partial charge is 0.248 e. The number of rotatable bonds is 9. The molecule has 208 valence electrons. The summed E-state index contributed by atoms with van der Waals surface area (Å²) in [7, 11) is 0. The molecule has 3 aliphatic rings. The number of hydrogen-bond acceptors (Lipinski definition) is 5. The van der Waals surface area contributed by atoms with Gasteiger partial charge in [-0.3, -0.25) is 14.4 Å². The van der Waals surface area contributed by atoms with Crippen LogP contribution in [0, 0.1) is 31.6 Å². The van der Waals surface area contributed by atoms with Crippen molar-refractivity contribution in [2.75, 3.05) is 18.5 Å². The number of aryl methyl sites for hydroxylation is 2. The summed E-state index contributed by atoms with van der Waals surface area (Å²) in [4.78, 5) is 43.9. The van der Waals surface area contributed by atoms with Crippen molar-refractivity contribution in [3.8, 4) is 0 Å². The average Bonchev–Trinajstić information content (AvgIpc) is 3.52. The molecule has 3 heterocycles. The molecule has 3 aliphatic heterocycles. The van der Waals surface area contributed by atoms with Crippen LogP contribution >= 0.6 is 11.8 Å². The van der Waals surface area contributed by atoms with Gasteiger partial charge in [-0.15, -0.1) is 11.8 Å². The lowest BCUT2D eigenvalue weighted by Crippen LogP contribution is -2.57. The van der Waals surface area contributed by atoms with Crippen LogP contribution in [-0.4, -0.2) is 63.0 Å². The van der Waals surface area contributed by atoms with Crippen LogP contribution in [0.2, 0.25) is 0 Å². The molecule has 2 aromatic rings. The Balaban J connectivity index is 1.58. The van der Waals surface area contributed by atoms with Crippen LogP contribution in [0.4, 0.5) is 5.69 Å². The molecule has 2 bridgehead atoms. The molecule has 7 atom stereocenters. The molecule has 2 aromatic carbocycles. The monoisotopic (exact) mass is 549 g/mol. The van der Waals surface area contributed by atoms with E-state index in [2.05, 4.69) is 17.6 Å². The van der Waals surface area contributed by atoms with Gasteiger partial charge in [0.15, 0.2) is 0 Å². The number of aliphatic hydroxyl groups excluding tert-OH is 1. The number of thioether (sulfide) groups is 1. The van der Waals surface area contributed by atoms with E-state index in [1.54, 1.807) is 16.7 Å². The highest BCUT2D eigenvalue weighted by atomic mass is 32.2. The van der Waals surface area contributed by atoms with Gasteiger partial charge in [0.25, 0.3) is 0 Å². The van der Waals surface area contributed by atoms with Crippen molar-refractivity contribution in [1.82, 2.24) is 10.2 Å². The van der Waals surface area contributed by atoms with Crippen molar-refractivity contribution in [3.05, 3.63) is 65.2 Å². The van der Waals surface area contributed by atoms with Crippen LogP contribution in [0.5, 0.6) is 0 Å². The van der Waals surface area contributed by atoms with Gasteiger partial charge in [-0.1, -0.05) is 62.4 Å². The zero-order chi connectivity index (χ0) is 27.9. The Morgan fingerprint density at radius 1 is 1.10 bits per heavy atom. The number of likely N-dealkylation sites (tertiary alicyclic amines) is 1. The van der Waals surface area contributed by atoms with Crippen LogP contribution < -0.4 is 10.6 Å². The first-order valence-corrected chi connectivity index (χ1v) is 14.9. The predicted molar refractivity (Wildman–Crippen MR) is 154 cm³/mol. The number of nitrogens with zero attached hydrogens (tertiary/aromatic N) is 1. The first-order valence-electron chi connectivity index (χ1n) is 14.0. The van der Waals surface area contributed by atoms with Gasteiger partial charge in [0, 0.05) is 17.5 Å². The molecule has 8 heteroatoms. The third-order valence-corrected chi connectivity index (χ3v) is 11.0. The molecule has 0 aliphatic carbocycles. The Morgan fingerprint density at radius 2 is 1.79 bits per heavy atom. The van der Waals surface area contributed by atoms with Gasteiger partial charge in [-0.25, -0.2) is 0 Å². The largest absolute Gasteiger partial charge is 0.394 e. The molecule has 7 nitrogen and oxygen atoms in total. The molecule has 0 aromatic heterocycles. The van der Waals surface area contributed by atoms with Crippen molar-refractivity contribution in [2.24, 2.45) is 17.8 Å². The molecular weight excluding hydrogens is 510 g/mol. The maximum atomic E-state index is 14.4. The molecule has 3 saturated heterocycles. The summed E-state index contributed by atoms with van der Waals surface area (Å²) in [6.07, 6.45) is 2.02. The predicted octanol–water partition coefficient (Wildman–Crippen LogP) is 3.71. The highest BCUT2D eigenvalue weighted by molar-refractivity contribution is 8.02. The van der Waals surface area contributed by atoms with Gasteiger partial charge in [-0.05, 0) is 55.7 Å². The minimum Gasteiger partial charge on any atom is -0.394 e. The molecule has 3 amide bonds. The van der Waals surface area contributed by atoms with E-state index in [-0.39, 0.29) is 35.5 Å². The molecule has 1 spiro atoms. The van der Waals surface area contributed by atoms with Gasteiger partial charge in [0.2, 0.25) is 17.7 Å². The quantitative estimate of drug-likeness (QED) is 0.443. The first-order chi connectivity index (χ1) is 18.7. The molecule has 3 fully saturated rings. The number of aliphatic hydroxyl groups is 1. The minimum absolute atomic E-state index is 0.00912. The maximum absolute atomic E-state index is 14.4. The number of benzene rings is 2. The van der Waals surface area contributed by atoms with Crippen molar-refractivity contribution >= 4 is 35.2 Å². The van der Waals surface area contributed by atoms with Gasteiger partial charge in [-0.2, -0.15) is 0 Å². The number of anilines is 1. The summed E-state index contributed by atoms with van der Waals surface area (Å²) >= 11 is 1.66. The Hall–Kier alpha value is -2.84. The molecule has 0 radical (unpaired) electrons. The van der Waals surface area contributed by atoms with E-state index in [1.165, 1.54) is 0 Å². The standard InChI is InChI=1S/C31H39N3O4S/c1-5-14-32-28(36)24-23-15-20(4)31(39-23)25(24)30(38)34(22(17-35)16-21-12-7-6-8-13-21)27(31)29(37)33-26-18(2)10-9-11-19(26)3/h6-13,20,22-25,27,35H,5,14-17H2,1-4H3,(H,32,36)(H,33,37)/t20?,22-,23-,24+,25+,27?,31?/m1/s1. The highest BCUT2D eigenvalue weighted by Gasteiger charge is 2.76. The van der Waals surface area contributed by atoms with Crippen LogP contribution in [0.3, 0.4) is 0 Å². The molecule has 0 saturated carbocycles. The fraction of sp³-hybridized carbons (Fsp3) is 0.516.